The summed E-state index contributed by atoms with van der Waals surface area (Å²) < 4.78 is 23.0. The van der Waals surface area contributed by atoms with Crippen molar-refractivity contribution in [2.75, 3.05) is 4.93 Å². The van der Waals surface area contributed by atoms with E-state index in [1.54, 1.807) is 0 Å². The van der Waals surface area contributed by atoms with Crippen molar-refractivity contribution >= 4 is 123 Å². The molecule has 0 aliphatic carbocycles. The van der Waals surface area contributed by atoms with E-state index in [0.29, 0.717) is 0 Å². The maximum atomic E-state index is 10.4. The molecule has 0 spiro atoms. The summed E-state index contributed by atoms with van der Waals surface area (Å²) in [7, 11) is 0. The number of benzene rings is 2. The molecule has 14 heteroatoms. The van der Waals surface area contributed by atoms with E-state index in [9.17, 15) is 14.3 Å². The van der Waals surface area contributed by atoms with Gasteiger partial charge >= 0.3 is 76.2 Å². The molecule has 0 saturated heterocycles. The fourth-order valence-electron chi connectivity index (χ4n) is 1.33. The summed E-state index contributed by atoms with van der Waals surface area (Å²) in [6, 6.07) is 11.5. The number of alkyl halides is 1. The molecule has 2 aromatic rings. The van der Waals surface area contributed by atoms with E-state index in [0.717, 1.165) is 16.7 Å². The number of hydrogen-bond donors (Lipinski definition) is 1. The molecule has 2 aromatic carbocycles. The van der Waals surface area contributed by atoms with E-state index >= 15 is 0 Å². The van der Waals surface area contributed by atoms with Gasteiger partial charge in [-0.15, -0.1) is 0 Å². The Morgan fingerprint density at radius 2 is 1.44 bits per heavy atom. The normalized spacial score (nSPS) is 9.31. The Morgan fingerprint density at radius 1 is 1.00 bits per heavy atom. The molecular weight excluding hydrogens is 972 g/mol. The molecule has 0 bridgehead atoms. The summed E-state index contributed by atoms with van der Waals surface area (Å²) >= 11 is 18.2. The topological polar surface area (TPSA) is 89.7 Å². The molecule has 0 heterocycles. The molecule has 0 aliphatic rings. The van der Waals surface area contributed by atoms with Gasteiger partial charge in [0, 0.05) is 11.1 Å². The number of nitro benzene ring substituents is 1. The monoisotopic (exact) mass is 997 g/mol. The molecule has 0 saturated carbocycles. The van der Waals surface area contributed by atoms with Gasteiger partial charge in [0.15, 0.2) is 10.8 Å². The predicted octanol–water partition coefficient (Wildman–Crippen LogP) is 10.2. The number of nitro groups is 1. The predicted molar refractivity (Wildman–Crippen MR) is 170 cm³/mol. The van der Waals surface area contributed by atoms with Crippen molar-refractivity contribution in [2.45, 2.75) is 34.6 Å². The zero-order valence-electron chi connectivity index (χ0n) is 18.2. The number of nitrogens with zero attached hydrogens (tertiary/aromatic N) is 1. The Hall–Kier alpha value is 1.83. The van der Waals surface area contributed by atoms with E-state index in [1.807, 2.05) is 63.8 Å². The number of rotatable bonds is 3. The molecule has 0 aliphatic heterocycles. The SMILES string of the molecule is CC.CC.CI.Cc1ccccc1Cl.O=[N+]([O-])c1cccc(OS(=O)O)c1Cl.[I][V]([I])[I]. The van der Waals surface area contributed by atoms with Gasteiger partial charge in [-0.3, -0.25) is 14.7 Å². The minimum atomic E-state index is -2.56. The van der Waals surface area contributed by atoms with Crippen molar-refractivity contribution in [3.63, 3.8) is 0 Å². The third-order valence-electron chi connectivity index (χ3n) is 2.38. The van der Waals surface area contributed by atoms with Crippen molar-refractivity contribution < 1.29 is 22.8 Å². The molecule has 2 rings (SSSR count). The average Bonchev–Trinajstić information content (AvgIpc) is 2.76. The van der Waals surface area contributed by atoms with Crippen molar-refractivity contribution in [1.29, 1.82) is 0 Å². The van der Waals surface area contributed by atoms with Gasteiger partial charge in [-0.1, -0.05) is 97.8 Å². The molecule has 0 amide bonds. The van der Waals surface area contributed by atoms with Crippen LogP contribution in [0.15, 0.2) is 42.5 Å². The molecule has 0 aromatic heterocycles. The first-order valence-corrected chi connectivity index (χ1v) is 26.1. The third-order valence-corrected chi connectivity index (χ3v) is 3.50. The van der Waals surface area contributed by atoms with Crippen LogP contribution in [0, 0.1) is 17.0 Å². The van der Waals surface area contributed by atoms with Crippen LogP contribution in [0.25, 0.3) is 0 Å². The van der Waals surface area contributed by atoms with Crippen LogP contribution >= 0.6 is 106 Å². The summed E-state index contributed by atoms with van der Waals surface area (Å²) in [6.45, 7) is 9.99. The van der Waals surface area contributed by atoms with Crippen LogP contribution in [0.2, 0.25) is 10.0 Å². The van der Waals surface area contributed by atoms with E-state index in [-0.39, 0.29) is 21.4 Å². The third kappa shape index (κ3) is 24.9. The first-order valence-electron chi connectivity index (χ1n) is 8.64. The van der Waals surface area contributed by atoms with Crippen molar-refractivity contribution in [2.24, 2.45) is 0 Å². The molecule has 6 nitrogen and oxygen atoms in total. The fourth-order valence-corrected chi connectivity index (χ4v) is 2.04. The van der Waals surface area contributed by atoms with E-state index in [1.165, 1.54) is 12.1 Å². The van der Waals surface area contributed by atoms with Gasteiger partial charge in [0.05, 0.1) is 4.92 Å². The van der Waals surface area contributed by atoms with E-state index in [4.69, 9.17) is 27.8 Å². The van der Waals surface area contributed by atoms with Crippen LogP contribution < -0.4 is 4.18 Å². The summed E-state index contributed by atoms with van der Waals surface area (Å²) in [6.07, 6.45) is 0. The van der Waals surface area contributed by atoms with Gasteiger partial charge in [-0.05, 0) is 29.6 Å². The number of halogens is 6. The van der Waals surface area contributed by atoms with Crippen LogP contribution in [0.3, 0.4) is 0 Å². The van der Waals surface area contributed by atoms with Gasteiger partial charge < -0.3 is 4.18 Å². The van der Waals surface area contributed by atoms with Crippen LogP contribution in [0.4, 0.5) is 5.69 Å². The summed E-state index contributed by atoms with van der Waals surface area (Å²) in [4.78, 5) is 11.4. The first kappa shape index (κ1) is 41.0. The fraction of sp³-hybridized carbons (Fsp3) is 0.333. The van der Waals surface area contributed by atoms with Gasteiger partial charge in [0.1, 0.15) is 0 Å². The quantitative estimate of drug-likeness (QED) is 0.109. The molecular formula is C18H26Cl2I4NO5SV. The van der Waals surface area contributed by atoms with Gasteiger partial charge in [0.25, 0.3) is 5.69 Å². The second kappa shape index (κ2) is 29.1. The Morgan fingerprint density at radius 3 is 1.75 bits per heavy atom. The second-order valence-electron chi connectivity index (χ2n) is 4.09. The molecule has 1 N–H and O–H groups in total. The van der Waals surface area contributed by atoms with Gasteiger partial charge in [-0.25, -0.2) is 0 Å². The van der Waals surface area contributed by atoms with Crippen molar-refractivity contribution in [3.05, 3.63) is 68.2 Å². The molecule has 0 fully saturated rings. The van der Waals surface area contributed by atoms with Gasteiger partial charge in [-0.2, -0.15) is 4.21 Å². The molecule has 32 heavy (non-hydrogen) atoms. The summed E-state index contributed by atoms with van der Waals surface area (Å²) in [5, 5.41) is 10.9. The Kier molecular flexibility index (Phi) is 37.2. The average molecular weight is 998 g/mol. The van der Waals surface area contributed by atoms with Crippen LogP contribution in [0.1, 0.15) is 33.3 Å². The standard InChI is InChI=1S/C7H7Cl.C6H4ClNO5S.2C2H6.CH3I.3HI.V/c1-6-4-2-3-5-7(6)8;7-6-4(8(9)10)2-1-3-5(6)13-14(11)12;3*1-2;;;;/h2-5H,1H3;1-3H,(H,11,12);2*1-2H3;1H3;3*1H;/q;;;;;;;;+3/p-3. The molecule has 186 valence electrons. The van der Waals surface area contributed by atoms with E-state index in [2.05, 4.69) is 86.7 Å². The zero-order valence-corrected chi connectivity index (χ0v) is 30.5. The van der Waals surface area contributed by atoms with Crippen molar-refractivity contribution in [1.82, 2.24) is 0 Å². The Labute approximate surface area is 255 Å². The number of aryl methyl sites for hydroxylation is 1. The summed E-state index contributed by atoms with van der Waals surface area (Å²) in [5.41, 5.74) is 0.754. The maximum absolute atomic E-state index is 10.4. The molecule has 1 atom stereocenters. The zero-order chi connectivity index (χ0) is 26.3. The van der Waals surface area contributed by atoms with Crippen LogP contribution in [-0.2, 0) is 16.3 Å². The second-order valence-corrected chi connectivity index (χ2v) is 40.8. The van der Waals surface area contributed by atoms with E-state index < -0.39 is 16.3 Å². The van der Waals surface area contributed by atoms with Crippen LogP contribution in [-0.4, -0.2) is 18.6 Å². The Balaban J connectivity index is -0.000000185. The summed E-state index contributed by atoms with van der Waals surface area (Å²) in [5.74, 6) is -0.207. The Bertz CT molecular complexity index is 741. The minimum absolute atomic E-state index is 0.207. The van der Waals surface area contributed by atoms with Crippen molar-refractivity contribution in [3.8, 4) is 5.75 Å². The molecule has 0 radical (unpaired) electrons. The first-order chi connectivity index (χ1) is 15.1. The van der Waals surface area contributed by atoms with Crippen LogP contribution in [0.5, 0.6) is 5.75 Å². The molecule has 1 unspecified atom stereocenters. The van der Waals surface area contributed by atoms with Gasteiger partial charge in [0.2, 0.25) is 0 Å². The number of hydrogen-bond acceptors (Lipinski definition) is 4.